The van der Waals surface area contributed by atoms with Gasteiger partial charge in [0.05, 0.1) is 17.4 Å². The maximum Gasteiger partial charge on any atom is 0.269 e. The first-order valence-electron chi connectivity index (χ1n) is 13.0. The zero-order valence-electron chi connectivity index (χ0n) is 21.0. The molecule has 2 bridgehead atoms. The zero-order valence-corrected chi connectivity index (χ0v) is 21.0. The minimum Gasteiger partial charge on any atom is -0.366 e. The summed E-state index contributed by atoms with van der Waals surface area (Å²) in [4.78, 5) is 39.9. The Morgan fingerprint density at radius 3 is 2.78 bits per heavy atom. The van der Waals surface area contributed by atoms with Crippen LogP contribution in [0.3, 0.4) is 0 Å². The number of benzene rings is 1. The number of rotatable bonds is 5. The lowest BCUT2D eigenvalue weighted by Gasteiger charge is -2.54. The number of amides is 1. The van der Waals surface area contributed by atoms with Gasteiger partial charge in [0.2, 0.25) is 5.91 Å². The maximum atomic E-state index is 13.8. The van der Waals surface area contributed by atoms with E-state index < -0.39 is 0 Å². The zero-order chi connectivity index (χ0) is 25.8. The molecule has 3 aliphatic rings. The van der Waals surface area contributed by atoms with E-state index in [9.17, 15) is 19.7 Å². The van der Waals surface area contributed by atoms with Crippen LogP contribution in [0.2, 0.25) is 0 Å². The first-order valence-corrected chi connectivity index (χ1v) is 13.0. The molecule has 1 amide bonds. The Labute approximate surface area is 214 Å². The number of nitrogens with one attached hydrogen (secondary N) is 1. The van der Waals surface area contributed by atoms with Gasteiger partial charge in [-0.1, -0.05) is 6.07 Å². The average molecular weight is 502 g/mol. The first kappa shape index (κ1) is 23.5. The molecule has 9 heteroatoms. The third-order valence-corrected chi connectivity index (χ3v) is 8.41. The van der Waals surface area contributed by atoms with Gasteiger partial charge in [-0.15, -0.1) is 0 Å². The normalized spacial score (nSPS) is 23.7. The predicted molar refractivity (Wildman–Crippen MR) is 140 cm³/mol. The van der Waals surface area contributed by atoms with Crippen molar-refractivity contribution in [1.82, 2.24) is 14.5 Å². The Bertz CT molecular complexity index is 1440. The molecule has 2 aromatic heterocycles. The third kappa shape index (κ3) is 3.93. The van der Waals surface area contributed by atoms with Crippen molar-refractivity contribution in [1.29, 1.82) is 0 Å². The Hall–Kier alpha value is -3.88. The average Bonchev–Trinajstić information content (AvgIpc) is 3.36. The molecular formula is C28H31N5O4. The summed E-state index contributed by atoms with van der Waals surface area (Å²) in [6.07, 6.45) is 3.38. The number of nitrogens with zero attached hydrogens (tertiary/aromatic N) is 4. The summed E-state index contributed by atoms with van der Waals surface area (Å²) in [5.41, 5.74) is 3.92. The Morgan fingerprint density at radius 1 is 1.16 bits per heavy atom. The molecule has 192 valence electrons. The standard InChI is InChI=1S/C28H31N5O4/c1-17(2)30-10-4-5-22(30)14-29-28(35)23-13-18-12-21(33(36)37)8-9-25(18)32-15-19-11-20(27(23)32)16-31-24(19)6-3-7-26(31)34/h3-10,12,17,19-20,23,27H,11,13-16H2,1-2H3,(H,29,35)/t19-,20+,23-,27+/m1/s1. The van der Waals surface area contributed by atoms with Gasteiger partial charge in [0, 0.05) is 72.6 Å². The van der Waals surface area contributed by atoms with E-state index in [1.54, 1.807) is 18.2 Å². The summed E-state index contributed by atoms with van der Waals surface area (Å²) in [6.45, 7) is 5.89. The van der Waals surface area contributed by atoms with E-state index in [1.165, 1.54) is 0 Å². The van der Waals surface area contributed by atoms with Crippen molar-refractivity contribution < 1.29 is 9.72 Å². The number of piperidine rings is 1. The molecule has 37 heavy (non-hydrogen) atoms. The molecule has 3 aliphatic heterocycles. The fourth-order valence-corrected chi connectivity index (χ4v) is 6.84. The Morgan fingerprint density at radius 2 is 2.00 bits per heavy atom. The van der Waals surface area contributed by atoms with Crippen molar-refractivity contribution in [2.75, 3.05) is 11.4 Å². The van der Waals surface area contributed by atoms with Gasteiger partial charge in [0.25, 0.3) is 11.2 Å². The summed E-state index contributed by atoms with van der Waals surface area (Å²) < 4.78 is 4.02. The second kappa shape index (κ2) is 8.90. The number of aromatic nitrogens is 2. The molecule has 9 nitrogen and oxygen atoms in total. The molecular weight excluding hydrogens is 470 g/mol. The molecule has 6 rings (SSSR count). The van der Waals surface area contributed by atoms with Gasteiger partial charge in [-0.25, -0.2) is 0 Å². The van der Waals surface area contributed by atoms with Crippen molar-refractivity contribution in [3.05, 3.63) is 92.1 Å². The Balaban J connectivity index is 1.36. The number of pyridine rings is 1. The highest BCUT2D eigenvalue weighted by Gasteiger charge is 2.49. The molecule has 1 aromatic carbocycles. The van der Waals surface area contributed by atoms with Crippen LogP contribution in [0.4, 0.5) is 11.4 Å². The van der Waals surface area contributed by atoms with Crippen molar-refractivity contribution >= 4 is 17.3 Å². The van der Waals surface area contributed by atoms with Gasteiger partial charge in [-0.05, 0) is 62.4 Å². The number of carbonyl (C=O) groups excluding carboxylic acids is 1. The van der Waals surface area contributed by atoms with Crippen LogP contribution in [0.25, 0.3) is 0 Å². The third-order valence-electron chi connectivity index (χ3n) is 8.41. The molecule has 1 fully saturated rings. The lowest BCUT2D eigenvalue weighted by Crippen LogP contribution is -2.61. The highest BCUT2D eigenvalue weighted by Crippen LogP contribution is 2.47. The topological polar surface area (TPSA) is 102 Å². The molecule has 1 N–H and O–H groups in total. The predicted octanol–water partition coefficient (Wildman–Crippen LogP) is 3.62. The van der Waals surface area contributed by atoms with Crippen molar-refractivity contribution in [3.8, 4) is 0 Å². The van der Waals surface area contributed by atoms with Crippen LogP contribution in [-0.2, 0) is 24.3 Å². The summed E-state index contributed by atoms with van der Waals surface area (Å²) >= 11 is 0. The van der Waals surface area contributed by atoms with E-state index in [1.807, 2.05) is 41.1 Å². The fourth-order valence-electron chi connectivity index (χ4n) is 6.84. The molecule has 0 saturated carbocycles. The number of nitro benzene ring substituents is 1. The number of anilines is 1. The summed E-state index contributed by atoms with van der Waals surface area (Å²) in [5, 5.41) is 14.7. The van der Waals surface area contributed by atoms with Crippen molar-refractivity contribution in [2.24, 2.45) is 11.8 Å². The highest BCUT2D eigenvalue weighted by molar-refractivity contribution is 5.82. The summed E-state index contributed by atoms with van der Waals surface area (Å²) in [7, 11) is 0. The smallest absolute Gasteiger partial charge is 0.269 e. The molecule has 0 radical (unpaired) electrons. The Kier molecular flexibility index (Phi) is 5.66. The van der Waals surface area contributed by atoms with E-state index in [0.29, 0.717) is 26.1 Å². The lowest BCUT2D eigenvalue weighted by atomic mass is 9.70. The SMILES string of the molecule is CC(C)n1cccc1CNC(=O)[C@@H]1Cc2cc([N+](=O)[O-])ccc2N2C[C@H]3C[C@@H](Cn4c3cccc4=O)[C@@H]12. The van der Waals surface area contributed by atoms with E-state index in [4.69, 9.17) is 0 Å². The van der Waals surface area contributed by atoms with Crippen LogP contribution in [0.1, 0.15) is 49.2 Å². The van der Waals surface area contributed by atoms with Crippen LogP contribution in [-0.4, -0.2) is 32.6 Å². The second-order valence-electron chi connectivity index (χ2n) is 10.8. The van der Waals surface area contributed by atoms with Gasteiger partial charge in [-0.2, -0.15) is 0 Å². The molecule has 1 saturated heterocycles. The lowest BCUT2D eigenvalue weighted by molar-refractivity contribution is -0.384. The molecule has 4 atom stereocenters. The molecule has 3 aromatic rings. The van der Waals surface area contributed by atoms with Gasteiger partial charge in [0.1, 0.15) is 0 Å². The molecule has 5 heterocycles. The van der Waals surface area contributed by atoms with Crippen molar-refractivity contribution in [3.63, 3.8) is 0 Å². The van der Waals surface area contributed by atoms with Crippen LogP contribution >= 0.6 is 0 Å². The van der Waals surface area contributed by atoms with Crippen LogP contribution in [0.5, 0.6) is 0 Å². The molecule has 0 aliphatic carbocycles. The second-order valence-corrected chi connectivity index (χ2v) is 10.8. The fraction of sp³-hybridized carbons (Fsp3) is 0.429. The van der Waals surface area contributed by atoms with E-state index in [-0.39, 0.29) is 51.9 Å². The van der Waals surface area contributed by atoms with Gasteiger partial charge in [-0.3, -0.25) is 19.7 Å². The highest BCUT2D eigenvalue weighted by atomic mass is 16.6. The number of carbonyl (C=O) groups is 1. The number of hydrogen-bond acceptors (Lipinski definition) is 5. The van der Waals surface area contributed by atoms with Gasteiger partial charge < -0.3 is 19.4 Å². The number of hydrogen-bond donors (Lipinski definition) is 1. The van der Waals surface area contributed by atoms with Crippen LogP contribution < -0.4 is 15.8 Å². The van der Waals surface area contributed by atoms with Crippen LogP contribution in [0.15, 0.2) is 59.5 Å². The van der Waals surface area contributed by atoms with Crippen LogP contribution in [0, 0.1) is 22.0 Å². The largest absolute Gasteiger partial charge is 0.366 e. The van der Waals surface area contributed by atoms with Gasteiger partial charge >= 0.3 is 0 Å². The van der Waals surface area contributed by atoms with E-state index in [0.717, 1.165) is 29.1 Å². The van der Waals surface area contributed by atoms with Gasteiger partial charge in [0.15, 0.2) is 0 Å². The minimum atomic E-state index is -0.380. The number of nitro groups is 1. The summed E-state index contributed by atoms with van der Waals surface area (Å²) in [5.74, 6) is -0.120. The maximum absolute atomic E-state index is 13.8. The first-order chi connectivity index (χ1) is 17.8. The monoisotopic (exact) mass is 501 g/mol. The quantitative estimate of drug-likeness (QED) is 0.425. The molecule has 0 spiro atoms. The molecule has 0 unspecified atom stereocenters. The number of fused-ring (bicyclic) bond motifs is 8. The van der Waals surface area contributed by atoms with E-state index in [2.05, 4.69) is 28.6 Å². The van der Waals surface area contributed by atoms with Crippen molar-refractivity contribution in [2.45, 2.75) is 57.8 Å². The summed E-state index contributed by atoms with van der Waals surface area (Å²) in [6, 6.07) is 14.7. The minimum absolute atomic E-state index is 0.00272. The number of non-ortho nitro benzene ring substituents is 1. The van der Waals surface area contributed by atoms with E-state index >= 15 is 0 Å².